The van der Waals surface area contributed by atoms with Crippen LogP contribution in [0.25, 0.3) is 11.1 Å². The van der Waals surface area contributed by atoms with Crippen LogP contribution in [0.1, 0.15) is 0 Å². The number of guanidine groups is 1. The first-order valence-electron chi connectivity index (χ1n) is 8.84. The summed E-state index contributed by atoms with van der Waals surface area (Å²) in [5, 5.41) is 2.95. The third-order valence-electron chi connectivity index (χ3n) is 4.61. The van der Waals surface area contributed by atoms with E-state index in [2.05, 4.69) is 20.0 Å². The highest BCUT2D eigenvalue weighted by molar-refractivity contribution is 7.90. The van der Waals surface area contributed by atoms with E-state index in [1.807, 2.05) is 17.8 Å². The topological polar surface area (TPSA) is 85.9 Å². The zero-order chi connectivity index (χ0) is 20.6. The summed E-state index contributed by atoms with van der Waals surface area (Å²) in [7, 11) is -1.91. The summed E-state index contributed by atoms with van der Waals surface area (Å²) < 4.78 is 43.9. The highest BCUT2D eigenvalue weighted by atomic mass is 35.5. The van der Waals surface area contributed by atoms with E-state index < -0.39 is 15.8 Å². The maximum Gasteiger partial charge on any atom is 0.266 e. The Hall–Kier alpha value is -2.78. The number of aliphatic imine (C=N–C) groups is 2. The molecule has 0 aliphatic carbocycles. The predicted molar refractivity (Wildman–Crippen MR) is 112 cm³/mol. The van der Waals surface area contributed by atoms with Crippen LogP contribution in [-0.4, -0.2) is 57.6 Å². The van der Waals surface area contributed by atoms with Crippen LogP contribution in [-0.2, 0) is 10.0 Å². The van der Waals surface area contributed by atoms with Gasteiger partial charge in [-0.1, -0.05) is 35.9 Å². The molecule has 150 valence electrons. The summed E-state index contributed by atoms with van der Waals surface area (Å²) in [4.78, 5) is 8.74. The Kier molecular flexibility index (Phi) is 5.10. The molecule has 7 nitrogen and oxygen atoms in total. The van der Waals surface area contributed by atoms with Crippen LogP contribution in [0.5, 0.6) is 0 Å². The van der Waals surface area contributed by atoms with Gasteiger partial charge in [-0.25, -0.2) is 27.1 Å². The maximum absolute atomic E-state index is 14.0. The van der Waals surface area contributed by atoms with E-state index in [4.69, 9.17) is 11.6 Å². The highest BCUT2D eigenvalue weighted by Crippen LogP contribution is 2.39. The molecular weight excluding hydrogens is 417 g/mol. The van der Waals surface area contributed by atoms with Gasteiger partial charge in [-0.05, 0) is 12.1 Å². The molecule has 2 N–H and O–H groups in total. The van der Waals surface area contributed by atoms with Gasteiger partial charge in [0.15, 0.2) is 12.8 Å². The molecule has 1 unspecified atom stereocenters. The quantitative estimate of drug-likeness (QED) is 0.727. The minimum atomic E-state index is -3.84. The molecule has 29 heavy (non-hydrogen) atoms. The van der Waals surface area contributed by atoms with Crippen LogP contribution in [0, 0.1) is 5.82 Å². The van der Waals surface area contributed by atoms with Crippen molar-refractivity contribution in [3.05, 3.63) is 47.2 Å². The minimum absolute atomic E-state index is 0.0410. The molecular formula is C19H18ClFN5O2S+. The summed E-state index contributed by atoms with van der Waals surface area (Å²) in [5.41, 5.74) is 1.16. The molecule has 0 bridgehead atoms. The van der Waals surface area contributed by atoms with E-state index in [1.54, 1.807) is 24.4 Å². The average molecular weight is 435 g/mol. The van der Waals surface area contributed by atoms with Crippen LogP contribution in [0.4, 0.5) is 10.1 Å². The number of benzene rings is 2. The molecule has 0 saturated carbocycles. The third kappa shape index (κ3) is 3.88. The molecule has 0 spiro atoms. The monoisotopic (exact) mass is 434 g/mol. The van der Waals surface area contributed by atoms with Gasteiger partial charge in [0.25, 0.3) is 10.0 Å². The van der Waals surface area contributed by atoms with Gasteiger partial charge < -0.3 is 5.32 Å². The lowest BCUT2D eigenvalue weighted by Crippen LogP contribution is -2.41. The third-order valence-corrected chi connectivity index (χ3v) is 6.37. The Morgan fingerprint density at radius 2 is 2.03 bits per heavy atom. The van der Waals surface area contributed by atoms with Crippen LogP contribution in [0.2, 0.25) is 5.02 Å². The van der Waals surface area contributed by atoms with Gasteiger partial charge in [0.05, 0.1) is 23.5 Å². The first kappa shape index (κ1) is 19.5. The highest BCUT2D eigenvalue weighted by Gasteiger charge is 2.29. The van der Waals surface area contributed by atoms with Crippen molar-refractivity contribution in [2.75, 3.05) is 25.5 Å². The van der Waals surface area contributed by atoms with Crippen LogP contribution in [0.3, 0.4) is 0 Å². The molecule has 2 aliphatic heterocycles. The number of sulfonamides is 1. The largest absolute Gasteiger partial charge is 0.324 e. The Balaban J connectivity index is 1.72. The Bertz CT molecular complexity index is 1180. The lowest BCUT2D eigenvalue weighted by atomic mass is 10.0. The lowest BCUT2D eigenvalue weighted by molar-refractivity contribution is -0.494. The summed E-state index contributed by atoms with van der Waals surface area (Å²) in [6.07, 6.45) is 3.56. The number of hydrogen-bond donors (Lipinski definition) is 2. The Morgan fingerprint density at radius 3 is 2.83 bits per heavy atom. The number of fused-ring (bicyclic) bond motifs is 1. The Labute approximate surface area is 172 Å². The normalized spacial score (nSPS) is 21.1. The van der Waals surface area contributed by atoms with Crippen molar-refractivity contribution in [3.63, 3.8) is 0 Å². The van der Waals surface area contributed by atoms with Crippen molar-refractivity contribution in [2.45, 2.75) is 10.9 Å². The van der Waals surface area contributed by atoms with Crippen molar-refractivity contribution in [2.24, 2.45) is 9.98 Å². The van der Waals surface area contributed by atoms with Crippen LogP contribution >= 0.6 is 11.6 Å². The fraction of sp³-hybridized carbons (Fsp3) is 0.211. The standard InChI is InChI=1S/C19H18ClFN5O2S/c1-26-9-8-22-12(11-26)10-23-19-24-18-14(13-4-2-6-15(21)17(13)20)5-3-7-16(18)29(27,28)25-19/h2-9,12H,10-11H2,1H3,(H2,23,24,25)/q+1. The minimum Gasteiger partial charge on any atom is -0.324 e. The molecule has 1 atom stereocenters. The molecule has 0 fully saturated rings. The van der Waals surface area contributed by atoms with Gasteiger partial charge in [0.2, 0.25) is 5.96 Å². The molecule has 0 radical (unpaired) electrons. The number of nitrogens with zero attached hydrogens (tertiary/aromatic N) is 3. The fourth-order valence-electron chi connectivity index (χ4n) is 3.23. The predicted octanol–water partition coefficient (Wildman–Crippen LogP) is 2.37. The number of rotatable bonds is 3. The number of halogens is 2. The number of para-hydroxylation sites is 1. The average Bonchev–Trinajstić information content (AvgIpc) is 2.68. The summed E-state index contributed by atoms with van der Waals surface area (Å²) in [6, 6.07) is 9.06. The first-order chi connectivity index (χ1) is 13.8. The van der Waals surface area contributed by atoms with Gasteiger partial charge in [-0.15, -0.1) is 0 Å². The Morgan fingerprint density at radius 1 is 1.28 bits per heavy atom. The molecule has 0 aromatic heterocycles. The molecule has 2 aromatic carbocycles. The second-order valence-electron chi connectivity index (χ2n) is 6.74. The molecule has 2 heterocycles. The number of anilines is 1. The van der Waals surface area contributed by atoms with Crippen molar-refractivity contribution < 1.29 is 17.4 Å². The number of hydrogen-bond acceptors (Lipinski definition) is 4. The van der Waals surface area contributed by atoms with E-state index in [0.29, 0.717) is 29.9 Å². The van der Waals surface area contributed by atoms with E-state index in [-0.39, 0.29) is 21.9 Å². The van der Waals surface area contributed by atoms with E-state index >= 15 is 0 Å². The summed E-state index contributed by atoms with van der Waals surface area (Å²) in [6.45, 7) is 0.985. The number of nitrogens with one attached hydrogen (secondary N) is 2. The molecule has 2 aromatic rings. The van der Waals surface area contributed by atoms with Crippen LogP contribution < -0.4 is 10.0 Å². The zero-order valence-corrected chi connectivity index (χ0v) is 17.0. The second kappa shape index (κ2) is 7.57. The van der Waals surface area contributed by atoms with Gasteiger partial charge in [0, 0.05) is 11.1 Å². The smallest absolute Gasteiger partial charge is 0.266 e. The summed E-state index contributed by atoms with van der Waals surface area (Å²) >= 11 is 6.13. The molecule has 2 aliphatic rings. The van der Waals surface area contributed by atoms with Gasteiger partial charge in [-0.3, -0.25) is 4.99 Å². The summed E-state index contributed by atoms with van der Waals surface area (Å²) in [5.74, 6) is -0.492. The van der Waals surface area contributed by atoms with Crippen molar-refractivity contribution in [3.8, 4) is 11.1 Å². The van der Waals surface area contributed by atoms with Crippen molar-refractivity contribution in [1.82, 2.24) is 4.72 Å². The molecule has 0 amide bonds. The zero-order valence-electron chi connectivity index (χ0n) is 15.4. The van der Waals surface area contributed by atoms with Gasteiger partial charge in [-0.2, -0.15) is 0 Å². The molecule has 4 rings (SSSR count). The second-order valence-corrected chi connectivity index (χ2v) is 8.77. The lowest BCUT2D eigenvalue weighted by Gasteiger charge is -2.24. The van der Waals surface area contributed by atoms with E-state index in [1.165, 1.54) is 18.2 Å². The van der Waals surface area contributed by atoms with Crippen LogP contribution in [0.15, 0.2) is 51.3 Å². The van der Waals surface area contributed by atoms with Crippen molar-refractivity contribution in [1.29, 1.82) is 0 Å². The van der Waals surface area contributed by atoms with Gasteiger partial charge >= 0.3 is 0 Å². The van der Waals surface area contributed by atoms with Crippen molar-refractivity contribution >= 4 is 45.7 Å². The first-order valence-corrected chi connectivity index (χ1v) is 10.7. The SMILES string of the molecule is C[N+]1=CC=NC(CN=C2Nc3c(-c4cccc(F)c4Cl)cccc3S(=O)(=O)N2)C1. The maximum atomic E-state index is 14.0. The van der Waals surface area contributed by atoms with Gasteiger partial charge in [0.1, 0.15) is 23.8 Å². The van der Waals surface area contributed by atoms with E-state index in [0.717, 1.165) is 0 Å². The fourth-order valence-corrected chi connectivity index (χ4v) is 4.63. The number of likely N-dealkylation sites (N-methyl/N-ethyl adjacent to an activating group) is 1. The van der Waals surface area contributed by atoms with E-state index in [9.17, 15) is 12.8 Å². The molecule has 0 saturated heterocycles. The molecule has 10 heteroatoms.